The molecular weight excluding hydrogens is 244 g/mol. The van der Waals surface area contributed by atoms with E-state index in [0.717, 1.165) is 6.42 Å². The third kappa shape index (κ3) is 3.58. The van der Waals surface area contributed by atoms with Crippen LogP contribution in [0.4, 0.5) is 5.69 Å². The molecule has 0 aliphatic heterocycles. The molecule has 0 unspecified atom stereocenters. The zero-order chi connectivity index (χ0) is 13.8. The summed E-state index contributed by atoms with van der Waals surface area (Å²) < 4.78 is 5.10. The summed E-state index contributed by atoms with van der Waals surface area (Å²) in [4.78, 5) is 11.9. The first-order valence-corrected chi connectivity index (χ1v) is 6.10. The predicted octanol–water partition coefficient (Wildman–Crippen LogP) is 2.83. The molecule has 5 nitrogen and oxygen atoms in total. The van der Waals surface area contributed by atoms with Gasteiger partial charge in [0.1, 0.15) is 11.5 Å². The van der Waals surface area contributed by atoms with Crippen LogP contribution in [0.3, 0.4) is 0 Å². The molecule has 1 heterocycles. The van der Waals surface area contributed by atoms with E-state index in [2.05, 4.69) is 24.3 Å². The Labute approximate surface area is 111 Å². The standard InChI is InChI=1S/C14H16N2O3/c1-9(2)6-12-8-13(16-19-12)14(18)15-10-4-3-5-11(17)7-10/h3-5,7-9,17H,6H2,1-2H3,(H,15,18). The number of anilines is 1. The predicted molar refractivity (Wildman–Crippen MR) is 71.1 cm³/mol. The number of rotatable bonds is 4. The highest BCUT2D eigenvalue weighted by Crippen LogP contribution is 2.17. The molecule has 2 aromatic rings. The van der Waals surface area contributed by atoms with Gasteiger partial charge in [-0.15, -0.1) is 0 Å². The summed E-state index contributed by atoms with van der Waals surface area (Å²) in [6.07, 6.45) is 0.742. The summed E-state index contributed by atoms with van der Waals surface area (Å²) in [5.41, 5.74) is 0.748. The quantitative estimate of drug-likeness (QED) is 0.886. The Hall–Kier alpha value is -2.30. The van der Waals surface area contributed by atoms with Crippen LogP contribution in [-0.2, 0) is 6.42 Å². The van der Waals surface area contributed by atoms with E-state index in [-0.39, 0.29) is 17.4 Å². The molecule has 0 aliphatic carbocycles. The van der Waals surface area contributed by atoms with Crippen molar-refractivity contribution >= 4 is 11.6 Å². The number of aromatic nitrogens is 1. The Morgan fingerprint density at radius 1 is 1.42 bits per heavy atom. The van der Waals surface area contributed by atoms with Crippen LogP contribution in [0.25, 0.3) is 0 Å². The van der Waals surface area contributed by atoms with Gasteiger partial charge >= 0.3 is 0 Å². The van der Waals surface area contributed by atoms with Gasteiger partial charge < -0.3 is 14.9 Å². The lowest BCUT2D eigenvalue weighted by Gasteiger charge is -2.02. The first-order valence-electron chi connectivity index (χ1n) is 6.10. The molecule has 100 valence electrons. The molecular formula is C14H16N2O3. The van der Waals surface area contributed by atoms with Gasteiger partial charge in [0.25, 0.3) is 5.91 Å². The Balaban J connectivity index is 2.05. The van der Waals surface area contributed by atoms with E-state index in [9.17, 15) is 9.90 Å². The van der Waals surface area contributed by atoms with Gasteiger partial charge in [0.2, 0.25) is 0 Å². The molecule has 1 aromatic heterocycles. The molecule has 0 aliphatic rings. The van der Waals surface area contributed by atoms with Crippen molar-refractivity contribution in [1.29, 1.82) is 0 Å². The molecule has 19 heavy (non-hydrogen) atoms. The molecule has 2 N–H and O–H groups in total. The Bertz CT molecular complexity index is 576. The van der Waals surface area contributed by atoms with Crippen molar-refractivity contribution in [2.24, 2.45) is 5.92 Å². The van der Waals surface area contributed by atoms with Gasteiger partial charge in [0, 0.05) is 24.2 Å². The fourth-order valence-electron chi connectivity index (χ4n) is 1.70. The van der Waals surface area contributed by atoms with E-state index in [1.807, 2.05) is 0 Å². The molecule has 0 atom stereocenters. The topological polar surface area (TPSA) is 75.4 Å². The maximum Gasteiger partial charge on any atom is 0.277 e. The summed E-state index contributed by atoms with van der Waals surface area (Å²) in [6, 6.07) is 7.97. The number of carbonyl (C=O) groups is 1. The lowest BCUT2D eigenvalue weighted by Crippen LogP contribution is -2.12. The second-order valence-corrected chi connectivity index (χ2v) is 4.78. The van der Waals surface area contributed by atoms with E-state index in [1.54, 1.807) is 18.2 Å². The molecule has 0 bridgehead atoms. The third-order valence-electron chi connectivity index (χ3n) is 2.51. The SMILES string of the molecule is CC(C)Cc1cc(C(=O)Nc2cccc(O)c2)no1. The number of nitrogens with one attached hydrogen (secondary N) is 1. The van der Waals surface area contributed by atoms with Gasteiger partial charge in [-0.3, -0.25) is 4.79 Å². The molecule has 0 fully saturated rings. The van der Waals surface area contributed by atoms with Crippen molar-refractivity contribution in [2.45, 2.75) is 20.3 Å². The average Bonchev–Trinajstić information content (AvgIpc) is 2.76. The lowest BCUT2D eigenvalue weighted by molar-refractivity contribution is 0.101. The van der Waals surface area contributed by atoms with Crippen LogP contribution in [0.1, 0.15) is 30.1 Å². The fraction of sp³-hybridized carbons (Fsp3) is 0.286. The molecule has 2 rings (SSSR count). The van der Waals surface area contributed by atoms with Gasteiger partial charge in [-0.1, -0.05) is 25.1 Å². The number of aromatic hydroxyl groups is 1. The highest BCUT2D eigenvalue weighted by Gasteiger charge is 2.13. The highest BCUT2D eigenvalue weighted by molar-refractivity contribution is 6.02. The summed E-state index contributed by atoms with van der Waals surface area (Å²) in [6.45, 7) is 4.13. The van der Waals surface area contributed by atoms with Crippen LogP contribution in [0, 0.1) is 5.92 Å². The van der Waals surface area contributed by atoms with Crippen LogP contribution in [0.15, 0.2) is 34.9 Å². The molecule has 1 amide bonds. The van der Waals surface area contributed by atoms with Crippen LogP contribution < -0.4 is 5.32 Å². The minimum Gasteiger partial charge on any atom is -0.508 e. The first kappa shape index (κ1) is 13.1. The Morgan fingerprint density at radius 3 is 2.89 bits per heavy atom. The van der Waals surface area contributed by atoms with Crippen molar-refractivity contribution in [2.75, 3.05) is 5.32 Å². The van der Waals surface area contributed by atoms with Crippen molar-refractivity contribution in [3.05, 3.63) is 41.8 Å². The number of hydrogen-bond acceptors (Lipinski definition) is 4. The Kier molecular flexibility index (Phi) is 3.85. The summed E-state index contributed by atoms with van der Waals surface area (Å²) in [5.74, 6) is 0.869. The van der Waals surface area contributed by atoms with E-state index >= 15 is 0 Å². The van der Waals surface area contributed by atoms with Gasteiger partial charge in [0.05, 0.1) is 0 Å². The number of nitrogens with zero attached hydrogens (tertiary/aromatic N) is 1. The largest absolute Gasteiger partial charge is 0.508 e. The maximum atomic E-state index is 11.9. The fourth-order valence-corrected chi connectivity index (χ4v) is 1.70. The average molecular weight is 260 g/mol. The highest BCUT2D eigenvalue weighted by atomic mass is 16.5. The van der Waals surface area contributed by atoms with Crippen LogP contribution in [0.5, 0.6) is 5.75 Å². The van der Waals surface area contributed by atoms with Crippen molar-refractivity contribution < 1.29 is 14.4 Å². The smallest absolute Gasteiger partial charge is 0.277 e. The number of carbonyl (C=O) groups excluding carboxylic acids is 1. The number of hydrogen-bond donors (Lipinski definition) is 2. The second-order valence-electron chi connectivity index (χ2n) is 4.78. The van der Waals surface area contributed by atoms with Gasteiger partial charge in [0.15, 0.2) is 5.69 Å². The minimum absolute atomic E-state index is 0.0958. The summed E-state index contributed by atoms with van der Waals surface area (Å²) in [7, 11) is 0. The maximum absolute atomic E-state index is 11.9. The molecule has 5 heteroatoms. The number of amides is 1. The first-order chi connectivity index (χ1) is 9.04. The van der Waals surface area contributed by atoms with Crippen molar-refractivity contribution in [3.63, 3.8) is 0 Å². The van der Waals surface area contributed by atoms with E-state index in [1.165, 1.54) is 12.1 Å². The van der Waals surface area contributed by atoms with Gasteiger partial charge in [-0.25, -0.2) is 0 Å². The zero-order valence-corrected chi connectivity index (χ0v) is 10.9. The number of phenolic OH excluding ortho intramolecular Hbond substituents is 1. The van der Waals surface area contributed by atoms with Crippen LogP contribution in [0.2, 0.25) is 0 Å². The molecule has 0 spiro atoms. The van der Waals surface area contributed by atoms with E-state index in [0.29, 0.717) is 17.4 Å². The van der Waals surface area contributed by atoms with Crippen LogP contribution >= 0.6 is 0 Å². The Morgan fingerprint density at radius 2 is 2.21 bits per heavy atom. The van der Waals surface area contributed by atoms with E-state index < -0.39 is 0 Å². The molecule has 0 saturated carbocycles. The molecule has 0 saturated heterocycles. The van der Waals surface area contributed by atoms with Crippen LogP contribution in [-0.4, -0.2) is 16.2 Å². The zero-order valence-electron chi connectivity index (χ0n) is 10.9. The minimum atomic E-state index is -0.357. The number of benzene rings is 1. The lowest BCUT2D eigenvalue weighted by atomic mass is 10.1. The van der Waals surface area contributed by atoms with E-state index in [4.69, 9.17) is 4.52 Å². The van der Waals surface area contributed by atoms with Crippen molar-refractivity contribution in [3.8, 4) is 5.75 Å². The summed E-state index contributed by atoms with van der Waals surface area (Å²) in [5, 5.41) is 15.7. The summed E-state index contributed by atoms with van der Waals surface area (Å²) >= 11 is 0. The normalized spacial score (nSPS) is 10.7. The monoisotopic (exact) mass is 260 g/mol. The molecule has 1 aromatic carbocycles. The van der Waals surface area contributed by atoms with Crippen molar-refractivity contribution in [1.82, 2.24) is 5.16 Å². The van der Waals surface area contributed by atoms with Gasteiger partial charge in [-0.05, 0) is 18.1 Å². The molecule has 0 radical (unpaired) electrons. The second kappa shape index (κ2) is 5.56. The third-order valence-corrected chi connectivity index (χ3v) is 2.51. The van der Waals surface area contributed by atoms with Gasteiger partial charge in [-0.2, -0.15) is 0 Å². The number of phenols is 1.